The molecule has 0 aliphatic rings. The zero-order chi connectivity index (χ0) is 63.3. The molecule has 0 rings (SSSR count). The Morgan fingerprint density at radius 3 is 0.920 bits per heavy atom. The van der Waals surface area contributed by atoms with Crippen LogP contribution in [0.4, 0.5) is 0 Å². The van der Waals surface area contributed by atoms with Gasteiger partial charge < -0.3 is 28.5 Å². The number of rotatable bonds is 63. The van der Waals surface area contributed by atoms with Crippen LogP contribution in [0.3, 0.4) is 0 Å². The molecular weight excluding hydrogens is 1080 g/mol. The van der Waals surface area contributed by atoms with Crippen molar-refractivity contribution in [1.29, 1.82) is 0 Å². The van der Waals surface area contributed by atoms with E-state index in [0.29, 0.717) is 23.9 Å². The van der Waals surface area contributed by atoms with E-state index < -0.39 is 24.3 Å². The number of carboxylic acid groups (broad SMARTS) is 1. The number of allylic oxidation sites excluding steroid dienone is 24. The highest BCUT2D eigenvalue weighted by atomic mass is 16.7. The molecule has 2 unspecified atom stereocenters. The smallest absolute Gasteiger partial charge is 0.361 e. The summed E-state index contributed by atoms with van der Waals surface area (Å²) in [5.74, 6) is -2.02. The van der Waals surface area contributed by atoms with Gasteiger partial charge in [0.2, 0.25) is 0 Å². The highest BCUT2D eigenvalue weighted by Crippen LogP contribution is 2.17. The molecule has 87 heavy (non-hydrogen) atoms. The van der Waals surface area contributed by atoms with Gasteiger partial charge in [0, 0.05) is 12.8 Å². The first kappa shape index (κ1) is 82.2. The number of hydrogen-bond acceptors (Lipinski definition) is 7. The Kier molecular flexibility index (Phi) is 63.4. The molecule has 494 valence electrons. The van der Waals surface area contributed by atoms with E-state index in [4.69, 9.17) is 18.9 Å². The molecule has 0 aromatic rings. The largest absolute Gasteiger partial charge is 0.477 e. The molecule has 0 aliphatic heterocycles. The van der Waals surface area contributed by atoms with Gasteiger partial charge in [-0.3, -0.25) is 9.59 Å². The van der Waals surface area contributed by atoms with Crippen LogP contribution >= 0.6 is 0 Å². The Morgan fingerprint density at radius 2 is 0.621 bits per heavy atom. The molecule has 0 fully saturated rings. The van der Waals surface area contributed by atoms with Gasteiger partial charge in [-0.1, -0.05) is 288 Å². The highest BCUT2D eigenvalue weighted by molar-refractivity contribution is 5.71. The van der Waals surface area contributed by atoms with Gasteiger partial charge in [-0.2, -0.15) is 0 Å². The zero-order valence-corrected chi connectivity index (χ0v) is 56.4. The third-order valence-electron chi connectivity index (χ3n) is 14.6. The highest BCUT2D eigenvalue weighted by Gasteiger charge is 2.25. The molecule has 0 amide bonds. The molecule has 9 heteroatoms. The van der Waals surface area contributed by atoms with Gasteiger partial charge in [0.1, 0.15) is 13.2 Å². The van der Waals surface area contributed by atoms with Gasteiger partial charge in [0.05, 0.1) is 34.4 Å². The maximum absolute atomic E-state index is 12.9. The number of likely N-dealkylation sites (N-methyl/N-ethyl adjacent to an activating group) is 1. The lowest BCUT2D eigenvalue weighted by molar-refractivity contribution is -0.870. The van der Waals surface area contributed by atoms with Crippen molar-refractivity contribution in [3.05, 3.63) is 146 Å². The Hall–Kier alpha value is -4.83. The van der Waals surface area contributed by atoms with Crippen molar-refractivity contribution in [3.8, 4) is 0 Å². The number of ether oxygens (including phenoxy) is 4. The first-order valence-corrected chi connectivity index (χ1v) is 35.0. The van der Waals surface area contributed by atoms with Gasteiger partial charge >= 0.3 is 17.9 Å². The van der Waals surface area contributed by atoms with Crippen molar-refractivity contribution in [2.24, 2.45) is 0 Å². The number of nitrogens with zero attached hydrogens (tertiary/aromatic N) is 1. The lowest BCUT2D eigenvalue weighted by Gasteiger charge is -2.25. The molecule has 0 heterocycles. The molecule has 0 spiro atoms. The first-order valence-electron chi connectivity index (χ1n) is 35.0. The van der Waals surface area contributed by atoms with Gasteiger partial charge in [-0.15, -0.1) is 0 Å². The van der Waals surface area contributed by atoms with Crippen molar-refractivity contribution in [2.75, 3.05) is 47.5 Å². The van der Waals surface area contributed by atoms with E-state index in [1.54, 1.807) is 0 Å². The van der Waals surface area contributed by atoms with Gasteiger partial charge in [0.15, 0.2) is 6.10 Å². The van der Waals surface area contributed by atoms with Gasteiger partial charge in [0.25, 0.3) is 6.29 Å². The Bertz CT molecular complexity index is 1940. The number of carbonyl (C=O) groups excluding carboxylic acids is 2. The minimum absolute atomic E-state index is 0.181. The third-order valence-corrected chi connectivity index (χ3v) is 14.6. The van der Waals surface area contributed by atoms with Crippen molar-refractivity contribution in [2.45, 2.75) is 283 Å². The number of aliphatic carboxylic acids is 1. The maximum Gasteiger partial charge on any atom is 0.361 e. The Balaban J connectivity index is 4.12. The predicted molar refractivity (Wildman–Crippen MR) is 373 cm³/mol. The minimum Gasteiger partial charge on any atom is -0.477 e. The molecule has 0 aliphatic carbocycles. The fraction of sp³-hybridized carbons (Fsp3) is 0.654. The van der Waals surface area contributed by atoms with E-state index >= 15 is 0 Å². The van der Waals surface area contributed by atoms with Crippen LogP contribution in [-0.2, 0) is 33.3 Å². The fourth-order valence-corrected chi connectivity index (χ4v) is 9.32. The van der Waals surface area contributed by atoms with Gasteiger partial charge in [-0.05, 0) is 116 Å². The van der Waals surface area contributed by atoms with Crippen molar-refractivity contribution >= 4 is 17.9 Å². The van der Waals surface area contributed by atoms with E-state index in [1.807, 2.05) is 21.1 Å². The second-order valence-corrected chi connectivity index (χ2v) is 24.1. The van der Waals surface area contributed by atoms with E-state index in [0.717, 1.165) is 122 Å². The second kappa shape index (κ2) is 67.1. The monoisotopic (exact) mass is 1210 g/mol. The zero-order valence-electron chi connectivity index (χ0n) is 56.4. The van der Waals surface area contributed by atoms with E-state index in [9.17, 15) is 19.5 Å². The van der Waals surface area contributed by atoms with Crippen LogP contribution in [0.15, 0.2) is 146 Å². The summed E-state index contributed by atoms with van der Waals surface area (Å²) in [5.41, 5.74) is 0. The van der Waals surface area contributed by atoms with Crippen LogP contribution in [0.5, 0.6) is 0 Å². The lowest BCUT2D eigenvalue weighted by Crippen LogP contribution is -2.40. The summed E-state index contributed by atoms with van der Waals surface area (Å²) in [4.78, 5) is 37.6. The van der Waals surface area contributed by atoms with Crippen LogP contribution in [0.1, 0.15) is 271 Å². The van der Waals surface area contributed by atoms with Crippen LogP contribution in [0.2, 0.25) is 0 Å². The standard InChI is InChI=1S/C78H129NO8/c1-6-8-10-12-14-16-18-20-22-24-26-28-30-31-32-33-34-35-36-37-38-39-40-41-42-43-44-45-47-49-51-53-55-57-59-61-63-65-67-69-76(81)87-74(73-86-78(77(82)83)84-71-70-79(3,4)5)72-85-75(80)68-66-64-62-60-58-56-54-52-50-48-46-29-27-25-23-21-19-17-15-13-11-9-7-2/h8-11,14-17,20-23,26-29,31-32,34-35,37-38,40-41,74,78H,6-7,12-13,18-19,24-25,30,33,36,39,42-73H2,1-5H3/p+1/b10-8-,11-9-,16-14-,17-15-,22-20-,23-21-,28-26-,29-27-,32-31-,35-34-,38-37-,41-40-. The quantitative estimate of drug-likeness (QED) is 0.0211. The number of esters is 2. The number of carbonyl (C=O) groups is 3. The third kappa shape index (κ3) is 68.5. The molecule has 0 aromatic heterocycles. The molecule has 0 bridgehead atoms. The van der Waals surface area contributed by atoms with E-state index in [1.165, 1.54) is 116 Å². The summed E-state index contributed by atoms with van der Waals surface area (Å²) in [5, 5.41) is 9.75. The average molecular weight is 1210 g/mol. The van der Waals surface area contributed by atoms with Crippen LogP contribution in [0, 0.1) is 0 Å². The van der Waals surface area contributed by atoms with Crippen LogP contribution < -0.4 is 0 Å². The Morgan fingerprint density at radius 1 is 0.345 bits per heavy atom. The molecule has 0 aromatic carbocycles. The normalized spacial score (nSPS) is 13.6. The molecule has 1 N–H and O–H groups in total. The lowest BCUT2D eigenvalue weighted by atomic mass is 10.0. The first-order chi connectivity index (χ1) is 42.6. The van der Waals surface area contributed by atoms with Crippen LogP contribution in [0.25, 0.3) is 0 Å². The fourth-order valence-electron chi connectivity index (χ4n) is 9.32. The SMILES string of the molecule is CC/C=C\C/C=C\C/C=C\C/C=C\C/C=C\C/C=C\C/C=C\C/C=C\CCCCCCCCCCCCCCCCC(=O)OC(COC(=O)CCCCCCCCCCCC/C=C\C/C=C\C/C=C\C/C=C\CC)COC(OCC[N+](C)(C)C)C(=O)O. The molecule has 2 atom stereocenters. The summed E-state index contributed by atoms with van der Waals surface area (Å²) in [6.07, 6.45) is 95.2. The van der Waals surface area contributed by atoms with Crippen LogP contribution in [-0.4, -0.2) is 87.4 Å². The molecule has 9 nitrogen and oxygen atoms in total. The minimum atomic E-state index is -1.52. The number of hydrogen-bond donors (Lipinski definition) is 1. The summed E-state index contributed by atoms with van der Waals surface area (Å²) >= 11 is 0. The number of unbranched alkanes of at least 4 members (excludes halogenated alkanes) is 24. The summed E-state index contributed by atoms with van der Waals surface area (Å²) in [6.45, 7) is 4.65. The molecule has 0 radical (unpaired) electrons. The van der Waals surface area contributed by atoms with E-state index in [-0.39, 0.29) is 32.2 Å². The molecule has 0 saturated heterocycles. The number of carboxylic acids is 1. The topological polar surface area (TPSA) is 108 Å². The summed E-state index contributed by atoms with van der Waals surface area (Å²) in [7, 11) is 5.97. The second-order valence-electron chi connectivity index (χ2n) is 24.1. The van der Waals surface area contributed by atoms with Crippen molar-refractivity contribution < 1.29 is 42.9 Å². The van der Waals surface area contributed by atoms with Gasteiger partial charge in [-0.25, -0.2) is 4.79 Å². The van der Waals surface area contributed by atoms with E-state index in [2.05, 4.69) is 160 Å². The van der Waals surface area contributed by atoms with Crippen molar-refractivity contribution in [1.82, 2.24) is 0 Å². The average Bonchev–Trinajstić information content (AvgIpc) is 3.55. The summed E-state index contributed by atoms with van der Waals surface area (Å²) < 4.78 is 23.0. The molecular formula is C78H130NO8+. The predicted octanol–water partition coefficient (Wildman–Crippen LogP) is 21.9. The Labute approximate surface area is 534 Å². The maximum atomic E-state index is 12.9. The summed E-state index contributed by atoms with van der Waals surface area (Å²) in [6, 6.07) is 0. The number of quaternary nitrogens is 1. The molecule has 0 saturated carbocycles. The van der Waals surface area contributed by atoms with Crippen molar-refractivity contribution in [3.63, 3.8) is 0 Å².